The lowest BCUT2D eigenvalue weighted by atomic mass is 9.79. The van der Waals surface area contributed by atoms with E-state index in [4.69, 9.17) is 9.31 Å². The van der Waals surface area contributed by atoms with Gasteiger partial charge in [-0.1, -0.05) is 74.0 Å². The van der Waals surface area contributed by atoms with Crippen molar-refractivity contribution >= 4 is 29.6 Å². The van der Waals surface area contributed by atoms with Gasteiger partial charge in [0.1, 0.15) is 0 Å². The first kappa shape index (κ1) is 25.0. The minimum Gasteiger partial charge on any atom is -0.399 e. The van der Waals surface area contributed by atoms with Gasteiger partial charge >= 0.3 is 7.12 Å². The molecule has 0 N–H and O–H groups in total. The minimum absolute atomic E-state index is 0.0541. The number of anilines is 3. The van der Waals surface area contributed by atoms with Crippen LogP contribution in [0.3, 0.4) is 0 Å². The van der Waals surface area contributed by atoms with E-state index in [1.54, 1.807) is 0 Å². The summed E-state index contributed by atoms with van der Waals surface area (Å²) in [4.78, 5) is 2.34. The van der Waals surface area contributed by atoms with Crippen LogP contribution in [0.4, 0.5) is 17.1 Å². The second-order valence-electron chi connectivity index (χ2n) is 12.3. The first-order valence-electron chi connectivity index (χ1n) is 13.5. The van der Waals surface area contributed by atoms with Gasteiger partial charge in [-0.2, -0.15) is 0 Å². The van der Waals surface area contributed by atoms with Gasteiger partial charge in [0.05, 0.1) is 11.2 Å². The number of hydrogen-bond acceptors (Lipinski definition) is 3. The van der Waals surface area contributed by atoms with Gasteiger partial charge < -0.3 is 14.2 Å². The lowest BCUT2D eigenvalue weighted by molar-refractivity contribution is 0.00578. The van der Waals surface area contributed by atoms with E-state index in [9.17, 15) is 0 Å². The second-order valence-corrected chi connectivity index (χ2v) is 12.3. The molecule has 3 nitrogen and oxygen atoms in total. The molecule has 1 saturated heterocycles. The second kappa shape index (κ2) is 8.59. The summed E-state index contributed by atoms with van der Waals surface area (Å²) in [7, 11) is -0.374. The van der Waals surface area contributed by atoms with E-state index in [-0.39, 0.29) is 23.7 Å². The van der Waals surface area contributed by atoms with E-state index in [2.05, 4.69) is 144 Å². The third-order valence-corrected chi connectivity index (χ3v) is 8.79. The van der Waals surface area contributed by atoms with Gasteiger partial charge in [-0.15, -0.1) is 0 Å². The van der Waals surface area contributed by atoms with Crippen LogP contribution in [-0.2, 0) is 14.7 Å². The molecule has 0 unspecified atom stereocenters. The van der Waals surface area contributed by atoms with E-state index < -0.39 is 0 Å². The van der Waals surface area contributed by atoms with Crippen LogP contribution in [0.25, 0.3) is 11.1 Å². The van der Waals surface area contributed by atoms with Crippen LogP contribution in [0.2, 0.25) is 0 Å². The fraction of sp³-hybridized carbons (Fsp3) is 0.294. The highest BCUT2D eigenvalue weighted by molar-refractivity contribution is 6.62. The molecular formula is C34H36BNO2. The molecule has 0 bridgehead atoms. The van der Waals surface area contributed by atoms with Gasteiger partial charge in [0.2, 0.25) is 0 Å². The van der Waals surface area contributed by atoms with Crippen LogP contribution < -0.4 is 10.4 Å². The molecule has 6 rings (SSSR count). The summed E-state index contributed by atoms with van der Waals surface area (Å²) in [6.45, 7) is 15.2. The van der Waals surface area contributed by atoms with Crippen LogP contribution in [0, 0.1) is 6.92 Å². The Morgan fingerprint density at radius 1 is 0.579 bits per heavy atom. The Morgan fingerprint density at radius 3 is 1.74 bits per heavy atom. The summed E-state index contributed by atoms with van der Waals surface area (Å²) >= 11 is 0. The van der Waals surface area contributed by atoms with Gasteiger partial charge in [0, 0.05) is 22.5 Å². The lowest BCUT2D eigenvalue weighted by Crippen LogP contribution is -2.41. The Hall–Kier alpha value is -3.34. The van der Waals surface area contributed by atoms with E-state index >= 15 is 0 Å². The molecule has 0 saturated carbocycles. The first-order chi connectivity index (χ1) is 18.0. The van der Waals surface area contributed by atoms with Crippen LogP contribution in [0.5, 0.6) is 0 Å². The predicted molar refractivity (Wildman–Crippen MR) is 159 cm³/mol. The largest absolute Gasteiger partial charge is 0.494 e. The van der Waals surface area contributed by atoms with Gasteiger partial charge in [-0.3, -0.25) is 0 Å². The fourth-order valence-electron chi connectivity index (χ4n) is 5.73. The Bertz CT molecular complexity index is 1490. The van der Waals surface area contributed by atoms with Crippen molar-refractivity contribution < 1.29 is 9.31 Å². The predicted octanol–water partition coefficient (Wildman–Crippen LogP) is 8.07. The van der Waals surface area contributed by atoms with Crippen molar-refractivity contribution in [1.29, 1.82) is 0 Å². The van der Waals surface area contributed by atoms with E-state index in [1.165, 1.54) is 27.8 Å². The number of benzene rings is 4. The molecule has 38 heavy (non-hydrogen) atoms. The summed E-state index contributed by atoms with van der Waals surface area (Å²) in [5, 5.41) is 0. The third-order valence-electron chi connectivity index (χ3n) is 8.79. The number of aryl methyl sites for hydroxylation is 1. The molecule has 1 aliphatic carbocycles. The summed E-state index contributed by atoms with van der Waals surface area (Å²) in [6.07, 6.45) is 0. The van der Waals surface area contributed by atoms with Gasteiger partial charge in [-0.05, 0) is 98.7 Å². The molecule has 4 aromatic rings. The summed E-state index contributed by atoms with van der Waals surface area (Å²) in [5.41, 5.74) is 10.3. The maximum atomic E-state index is 6.30. The van der Waals surface area contributed by atoms with Crippen molar-refractivity contribution in [1.82, 2.24) is 0 Å². The molecule has 2 aliphatic rings. The standard InChI is InChI=1S/C34H36BNO2/c1-23-12-16-25(17-13-23)36(26-18-14-24(15-19-26)35-37-33(4,5)34(6,7)38-35)27-20-21-29-28-10-8-9-11-30(28)32(2,3)31(29)22-27/h8-22H,1-7H3. The fourth-order valence-corrected chi connectivity index (χ4v) is 5.73. The monoisotopic (exact) mass is 501 g/mol. The smallest absolute Gasteiger partial charge is 0.399 e. The summed E-state index contributed by atoms with van der Waals surface area (Å²) in [5.74, 6) is 0. The molecule has 0 radical (unpaired) electrons. The molecule has 192 valence electrons. The van der Waals surface area contributed by atoms with Crippen molar-refractivity contribution in [3.05, 3.63) is 108 Å². The topological polar surface area (TPSA) is 21.7 Å². The molecule has 0 aromatic heterocycles. The molecule has 1 heterocycles. The summed E-state index contributed by atoms with van der Waals surface area (Å²) < 4.78 is 12.6. The summed E-state index contributed by atoms with van der Waals surface area (Å²) in [6, 6.07) is 33.1. The molecule has 0 atom stereocenters. The van der Waals surface area contributed by atoms with Gasteiger partial charge in [-0.25, -0.2) is 0 Å². The molecular weight excluding hydrogens is 465 g/mol. The Kier molecular flexibility index (Phi) is 5.64. The molecule has 1 aliphatic heterocycles. The number of nitrogens with zero attached hydrogens (tertiary/aromatic N) is 1. The minimum atomic E-state index is -0.374. The Morgan fingerprint density at radius 2 is 1.11 bits per heavy atom. The zero-order valence-corrected chi connectivity index (χ0v) is 23.5. The van der Waals surface area contributed by atoms with Crippen LogP contribution in [0.15, 0.2) is 91.0 Å². The third kappa shape index (κ3) is 3.90. The highest BCUT2D eigenvalue weighted by Crippen LogP contribution is 2.50. The van der Waals surface area contributed by atoms with Crippen molar-refractivity contribution in [2.24, 2.45) is 0 Å². The van der Waals surface area contributed by atoms with Crippen LogP contribution in [-0.4, -0.2) is 18.3 Å². The SMILES string of the molecule is Cc1ccc(N(c2ccc(B3OC(C)(C)C(C)(C)O3)cc2)c2ccc3c(c2)C(C)(C)c2ccccc2-3)cc1. The average Bonchev–Trinajstić information content (AvgIpc) is 3.25. The number of rotatable bonds is 4. The quantitative estimate of drug-likeness (QED) is 0.264. The van der Waals surface area contributed by atoms with E-state index in [0.29, 0.717) is 0 Å². The molecule has 1 fully saturated rings. The molecule has 4 aromatic carbocycles. The van der Waals surface area contributed by atoms with Crippen molar-refractivity contribution in [2.75, 3.05) is 4.90 Å². The molecule has 4 heteroatoms. The van der Waals surface area contributed by atoms with Crippen LogP contribution >= 0.6 is 0 Å². The number of hydrogen-bond donors (Lipinski definition) is 0. The molecule has 0 amide bonds. The Labute approximate surface area is 227 Å². The zero-order chi connectivity index (χ0) is 26.9. The van der Waals surface area contributed by atoms with E-state index in [0.717, 1.165) is 22.5 Å². The molecule has 0 spiro atoms. The van der Waals surface area contributed by atoms with Crippen molar-refractivity contribution in [3.63, 3.8) is 0 Å². The normalized spacial score (nSPS) is 18.2. The highest BCUT2D eigenvalue weighted by atomic mass is 16.7. The van der Waals surface area contributed by atoms with Gasteiger partial charge in [0.15, 0.2) is 0 Å². The average molecular weight is 501 g/mol. The van der Waals surface area contributed by atoms with Gasteiger partial charge in [0.25, 0.3) is 0 Å². The first-order valence-corrected chi connectivity index (χ1v) is 13.5. The zero-order valence-electron chi connectivity index (χ0n) is 23.5. The Balaban J connectivity index is 1.41. The highest BCUT2D eigenvalue weighted by Gasteiger charge is 2.51. The van der Waals surface area contributed by atoms with Crippen molar-refractivity contribution in [2.45, 2.75) is 65.1 Å². The van der Waals surface area contributed by atoms with E-state index in [1.807, 2.05) is 0 Å². The number of fused-ring (bicyclic) bond motifs is 3. The lowest BCUT2D eigenvalue weighted by Gasteiger charge is -2.32. The maximum Gasteiger partial charge on any atom is 0.494 e. The van der Waals surface area contributed by atoms with Crippen LogP contribution in [0.1, 0.15) is 58.2 Å². The maximum absolute atomic E-state index is 6.30. The van der Waals surface area contributed by atoms with Crippen molar-refractivity contribution in [3.8, 4) is 11.1 Å².